The first-order valence-corrected chi connectivity index (χ1v) is 5.67. The Hall–Kier alpha value is -1.70. The number of nitrogens with zero attached hydrogens (tertiary/aromatic N) is 1. The summed E-state index contributed by atoms with van der Waals surface area (Å²) in [6, 6.07) is 10.4. The van der Waals surface area contributed by atoms with Crippen molar-refractivity contribution >= 4 is 5.69 Å². The van der Waals surface area contributed by atoms with Crippen molar-refractivity contribution in [3.8, 4) is 5.69 Å². The van der Waals surface area contributed by atoms with Gasteiger partial charge in [-0.25, -0.2) is 0 Å². The smallest absolute Gasteiger partial charge is 0.0485 e. The van der Waals surface area contributed by atoms with Crippen LogP contribution >= 0.6 is 0 Å². The highest BCUT2D eigenvalue weighted by atomic mass is 15.0. The standard InChI is InChI=1S/C14H18N2/c1-4-13-7-5-11(3)16(13)14-8-6-12(15)9-10(14)2/h5-9H,4,15H2,1-3H3. The minimum Gasteiger partial charge on any atom is -0.399 e. The normalized spacial score (nSPS) is 10.7. The zero-order chi connectivity index (χ0) is 11.7. The molecule has 0 saturated carbocycles. The SMILES string of the molecule is CCc1ccc(C)n1-c1ccc(N)cc1C. The van der Waals surface area contributed by atoms with E-state index in [1.807, 2.05) is 12.1 Å². The van der Waals surface area contributed by atoms with E-state index in [0.717, 1.165) is 12.1 Å². The minimum atomic E-state index is 0.823. The molecular weight excluding hydrogens is 196 g/mol. The predicted molar refractivity (Wildman–Crippen MR) is 69.0 cm³/mol. The number of benzene rings is 1. The van der Waals surface area contributed by atoms with E-state index in [1.54, 1.807) is 0 Å². The predicted octanol–water partition coefficient (Wildman–Crippen LogP) is 3.24. The Balaban J connectivity index is 2.62. The molecule has 0 unspecified atom stereocenters. The molecular formula is C14H18N2. The van der Waals surface area contributed by atoms with Gasteiger partial charge in [0.25, 0.3) is 0 Å². The molecule has 2 N–H and O–H groups in total. The third-order valence-corrected chi connectivity index (χ3v) is 2.98. The fourth-order valence-electron chi connectivity index (χ4n) is 2.14. The highest BCUT2D eigenvalue weighted by Gasteiger charge is 2.07. The van der Waals surface area contributed by atoms with E-state index < -0.39 is 0 Å². The summed E-state index contributed by atoms with van der Waals surface area (Å²) in [6.07, 6.45) is 1.04. The van der Waals surface area contributed by atoms with Crippen LogP contribution in [0.2, 0.25) is 0 Å². The number of rotatable bonds is 2. The lowest BCUT2D eigenvalue weighted by Crippen LogP contribution is -2.03. The monoisotopic (exact) mass is 214 g/mol. The first-order chi connectivity index (χ1) is 7.63. The van der Waals surface area contributed by atoms with Gasteiger partial charge in [0.2, 0.25) is 0 Å². The Labute approximate surface area is 96.7 Å². The van der Waals surface area contributed by atoms with Crippen LogP contribution in [0.1, 0.15) is 23.9 Å². The molecule has 0 radical (unpaired) electrons. The van der Waals surface area contributed by atoms with Crippen LogP contribution in [0.25, 0.3) is 5.69 Å². The minimum absolute atomic E-state index is 0.823. The molecule has 0 aliphatic rings. The molecule has 16 heavy (non-hydrogen) atoms. The van der Waals surface area contributed by atoms with Gasteiger partial charge < -0.3 is 10.3 Å². The van der Waals surface area contributed by atoms with Crippen molar-refractivity contribution in [1.82, 2.24) is 4.57 Å². The molecule has 0 saturated heterocycles. The number of hydrogen-bond acceptors (Lipinski definition) is 1. The second-order valence-corrected chi connectivity index (χ2v) is 4.20. The van der Waals surface area contributed by atoms with Crippen molar-refractivity contribution in [3.05, 3.63) is 47.3 Å². The van der Waals surface area contributed by atoms with Crippen LogP contribution < -0.4 is 5.73 Å². The fourth-order valence-corrected chi connectivity index (χ4v) is 2.14. The molecule has 2 heteroatoms. The van der Waals surface area contributed by atoms with Crippen LogP contribution in [0.15, 0.2) is 30.3 Å². The Kier molecular flexibility index (Phi) is 2.73. The number of nitrogen functional groups attached to an aromatic ring is 1. The second-order valence-electron chi connectivity index (χ2n) is 4.20. The van der Waals surface area contributed by atoms with Gasteiger partial charge in [0.15, 0.2) is 0 Å². The summed E-state index contributed by atoms with van der Waals surface area (Å²) in [6.45, 7) is 6.41. The zero-order valence-corrected chi connectivity index (χ0v) is 10.1. The highest BCUT2D eigenvalue weighted by molar-refractivity contribution is 5.52. The van der Waals surface area contributed by atoms with Gasteiger partial charge in [-0.05, 0) is 56.2 Å². The van der Waals surface area contributed by atoms with Crippen LogP contribution in [-0.4, -0.2) is 4.57 Å². The quantitative estimate of drug-likeness (QED) is 0.764. The second kappa shape index (κ2) is 4.05. The van der Waals surface area contributed by atoms with E-state index in [1.165, 1.54) is 22.6 Å². The topological polar surface area (TPSA) is 30.9 Å². The molecule has 0 bridgehead atoms. The summed E-state index contributed by atoms with van der Waals surface area (Å²) in [5.41, 5.74) is 11.7. The van der Waals surface area contributed by atoms with E-state index in [0.29, 0.717) is 0 Å². The van der Waals surface area contributed by atoms with E-state index in [9.17, 15) is 0 Å². The van der Waals surface area contributed by atoms with Crippen molar-refractivity contribution in [2.75, 3.05) is 5.73 Å². The highest BCUT2D eigenvalue weighted by Crippen LogP contribution is 2.22. The molecule has 1 aromatic heterocycles. The zero-order valence-electron chi connectivity index (χ0n) is 10.1. The summed E-state index contributed by atoms with van der Waals surface area (Å²) in [5, 5.41) is 0. The summed E-state index contributed by atoms with van der Waals surface area (Å²) in [4.78, 5) is 0. The van der Waals surface area contributed by atoms with E-state index in [2.05, 4.69) is 43.5 Å². The largest absolute Gasteiger partial charge is 0.399 e. The first kappa shape index (κ1) is 10.8. The van der Waals surface area contributed by atoms with Gasteiger partial charge in [0, 0.05) is 22.8 Å². The van der Waals surface area contributed by atoms with Crippen LogP contribution in [0.4, 0.5) is 5.69 Å². The maximum absolute atomic E-state index is 5.78. The van der Waals surface area contributed by atoms with Crippen molar-refractivity contribution in [2.24, 2.45) is 0 Å². The number of nitrogens with two attached hydrogens (primary N) is 1. The Morgan fingerprint density at radius 2 is 1.88 bits per heavy atom. The van der Waals surface area contributed by atoms with E-state index in [-0.39, 0.29) is 0 Å². The molecule has 0 atom stereocenters. The van der Waals surface area contributed by atoms with Gasteiger partial charge in [-0.2, -0.15) is 0 Å². The van der Waals surface area contributed by atoms with Gasteiger partial charge in [-0.15, -0.1) is 0 Å². The molecule has 0 amide bonds. The molecule has 0 aliphatic heterocycles. The molecule has 2 aromatic rings. The van der Waals surface area contributed by atoms with Crippen molar-refractivity contribution in [2.45, 2.75) is 27.2 Å². The molecule has 1 heterocycles. The maximum atomic E-state index is 5.78. The van der Waals surface area contributed by atoms with Crippen LogP contribution in [0, 0.1) is 13.8 Å². The molecule has 84 valence electrons. The van der Waals surface area contributed by atoms with Crippen LogP contribution in [-0.2, 0) is 6.42 Å². The van der Waals surface area contributed by atoms with Gasteiger partial charge in [-0.3, -0.25) is 0 Å². The lowest BCUT2D eigenvalue weighted by atomic mass is 10.1. The van der Waals surface area contributed by atoms with Gasteiger partial charge >= 0.3 is 0 Å². The van der Waals surface area contributed by atoms with Gasteiger partial charge in [0.05, 0.1) is 0 Å². The summed E-state index contributed by atoms with van der Waals surface area (Å²) >= 11 is 0. The summed E-state index contributed by atoms with van der Waals surface area (Å²) in [5.74, 6) is 0. The van der Waals surface area contributed by atoms with Crippen molar-refractivity contribution < 1.29 is 0 Å². The van der Waals surface area contributed by atoms with Crippen LogP contribution in [0.5, 0.6) is 0 Å². The number of anilines is 1. The maximum Gasteiger partial charge on any atom is 0.0485 e. The Morgan fingerprint density at radius 3 is 2.50 bits per heavy atom. The first-order valence-electron chi connectivity index (χ1n) is 5.67. The third-order valence-electron chi connectivity index (χ3n) is 2.98. The molecule has 2 nitrogen and oxygen atoms in total. The fraction of sp³-hybridized carbons (Fsp3) is 0.286. The molecule has 2 rings (SSSR count). The average Bonchev–Trinajstić information content (AvgIpc) is 2.60. The Morgan fingerprint density at radius 1 is 1.12 bits per heavy atom. The lowest BCUT2D eigenvalue weighted by Gasteiger charge is -2.14. The molecule has 0 fully saturated rings. The molecule has 1 aromatic carbocycles. The number of aryl methyl sites for hydroxylation is 3. The average molecular weight is 214 g/mol. The lowest BCUT2D eigenvalue weighted by molar-refractivity contribution is 0.900. The van der Waals surface area contributed by atoms with E-state index >= 15 is 0 Å². The van der Waals surface area contributed by atoms with Crippen molar-refractivity contribution in [1.29, 1.82) is 0 Å². The summed E-state index contributed by atoms with van der Waals surface area (Å²) < 4.78 is 2.30. The van der Waals surface area contributed by atoms with E-state index in [4.69, 9.17) is 5.73 Å². The number of aromatic nitrogens is 1. The summed E-state index contributed by atoms with van der Waals surface area (Å²) in [7, 11) is 0. The van der Waals surface area contributed by atoms with Crippen molar-refractivity contribution in [3.63, 3.8) is 0 Å². The van der Waals surface area contributed by atoms with Gasteiger partial charge in [0.1, 0.15) is 0 Å². The van der Waals surface area contributed by atoms with Crippen LogP contribution in [0.3, 0.4) is 0 Å². The molecule has 0 spiro atoms. The molecule has 0 aliphatic carbocycles. The van der Waals surface area contributed by atoms with Gasteiger partial charge in [-0.1, -0.05) is 6.92 Å². The Bertz CT molecular complexity index is 509. The number of hydrogen-bond donors (Lipinski definition) is 1. The third kappa shape index (κ3) is 1.71.